The number of nitrogens with zero attached hydrogens (tertiary/aromatic N) is 2. The van der Waals surface area contributed by atoms with Gasteiger partial charge in [-0.1, -0.05) is 42.5 Å². The summed E-state index contributed by atoms with van der Waals surface area (Å²) in [6.07, 6.45) is 0.122. The number of carbonyl (C=O) groups excluding carboxylic acids is 2. The molecule has 1 atom stereocenters. The summed E-state index contributed by atoms with van der Waals surface area (Å²) in [5.41, 5.74) is 6.10. The van der Waals surface area contributed by atoms with E-state index in [2.05, 4.69) is 10.9 Å². The Morgan fingerprint density at radius 2 is 1.85 bits per heavy atom. The molecule has 1 aliphatic rings. The highest BCUT2D eigenvalue weighted by atomic mass is 16.6. The fourth-order valence-corrected chi connectivity index (χ4v) is 2.87. The predicted octanol–water partition coefficient (Wildman–Crippen LogP) is 2.09. The quantitative estimate of drug-likeness (QED) is 0.610. The third kappa shape index (κ3) is 3.97. The highest BCUT2D eigenvalue weighted by Gasteiger charge is 2.34. The second-order valence-electron chi connectivity index (χ2n) is 6.05. The van der Waals surface area contributed by atoms with Crippen LogP contribution in [0.15, 0.2) is 54.6 Å². The number of hydrazine groups is 1. The van der Waals surface area contributed by atoms with E-state index in [1.807, 2.05) is 30.3 Å². The molecular formula is C18H18N4O4. The van der Waals surface area contributed by atoms with Gasteiger partial charge in [-0.2, -0.15) is 0 Å². The van der Waals surface area contributed by atoms with Crippen LogP contribution in [0.25, 0.3) is 0 Å². The maximum Gasteiger partial charge on any atom is 0.294 e. The molecule has 0 aliphatic carbocycles. The van der Waals surface area contributed by atoms with Crippen LogP contribution < -0.4 is 10.9 Å². The highest BCUT2D eigenvalue weighted by molar-refractivity contribution is 5.89. The zero-order valence-corrected chi connectivity index (χ0v) is 13.9. The molecule has 2 amide bonds. The fraction of sp³-hybridized carbons (Fsp3) is 0.222. The van der Waals surface area contributed by atoms with Crippen LogP contribution in [0.2, 0.25) is 0 Å². The normalized spacial score (nSPS) is 16.4. The van der Waals surface area contributed by atoms with Crippen molar-refractivity contribution in [3.05, 3.63) is 70.3 Å². The van der Waals surface area contributed by atoms with Gasteiger partial charge in [0.2, 0.25) is 11.8 Å². The van der Waals surface area contributed by atoms with Crippen LogP contribution in [0, 0.1) is 16.0 Å². The zero-order chi connectivity index (χ0) is 18.5. The maximum absolute atomic E-state index is 12.3. The van der Waals surface area contributed by atoms with Gasteiger partial charge in [0.15, 0.2) is 0 Å². The van der Waals surface area contributed by atoms with Gasteiger partial charge in [0.05, 0.1) is 10.8 Å². The van der Waals surface area contributed by atoms with Gasteiger partial charge in [0.1, 0.15) is 5.69 Å². The van der Waals surface area contributed by atoms with Gasteiger partial charge in [-0.15, -0.1) is 0 Å². The summed E-state index contributed by atoms with van der Waals surface area (Å²) >= 11 is 0. The average molecular weight is 354 g/mol. The highest BCUT2D eigenvalue weighted by Crippen LogP contribution is 2.23. The zero-order valence-electron chi connectivity index (χ0n) is 13.9. The van der Waals surface area contributed by atoms with Gasteiger partial charge in [-0.25, -0.2) is 0 Å². The Balaban J connectivity index is 1.58. The van der Waals surface area contributed by atoms with Crippen LogP contribution in [-0.4, -0.2) is 28.2 Å². The molecule has 1 saturated heterocycles. The summed E-state index contributed by atoms with van der Waals surface area (Å²) in [7, 11) is 0. The number of rotatable bonds is 6. The molecule has 0 bridgehead atoms. The number of nitro groups is 1. The maximum atomic E-state index is 12.3. The third-order valence-corrected chi connectivity index (χ3v) is 4.22. The van der Waals surface area contributed by atoms with Crippen molar-refractivity contribution in [1.29, 1.82) is 0 Å². The number of nitro benzene ring substituents is 1. The van der Waals surface area contributed by atoms with E-state index in [1.165, 1.54) is 12.1 Å². The van der Waals surface area contributed by atoms with Crippen molar-refractivity contribution in [1.82, 2.24) is 10.3 Å². The molecule has 8 heteroatoms. The molecule has 26 heavy (non-hydrogen) atoms. The Morgan fingerprint density at radius 1 is 1.15 bits per heavy atom. The Morgan fingerprint density at radius 3 is 2.58 bits per heavy atom. The first kappa shape index (κ1) is 17.4. The number of carbonyl (C=O) groups is 2. The fourth-order valence-electron chi connectivity index (χ4n) is 2.87. The minimum Gasteiger partial charge on any atom is -0.338 e. The number of hydrogen-bond acceptors (Lipinski definition) is 5. The summed E-state index contributed by atoms with van der Waals surface area (Å²) in [5, 5.41) is 11.0. The van der Waals surface area contributed by atoms with Gasteiger partial charge in [0.25, 0.3) is 5.69 Å². The molecule has 1 fully saturated rings. The number of amides is 2. The minimum atomic E-state index is -0.533. The molecule has 0 radical (unpaired) electrons. The Kier molecular flexibility index (Phi) is 5.12. The molecule has 134 valence electrons. The van der Waals surface area contributed by atoms with E-state index in [9.17, 15) is 19.7 Å². The molecule has 0 saturated carbocycles. The molecule has 3 rings (SSSR count). The number of nitrogens with one attached hydrogen (secondary N) is 2. The average Bonchev–Trinajstić information content (AvgIpc) is 3.01. The van der Waals surface area contributed by atoms with Gasteiger partial charge in [0, 0.05) is 25.6 Å². The predicted molar refractivity (Wildman–Crippen MR) is 94.8 cm³/mol. The number of hydrogen-bond donors (Lipinski definition) is 2. The summed E-state index contributed by atoms with van der Waals surface area (Å²) < 4.78 is 0. The molecular weight excluding hydrogens is 336 g/mol. The van der Waals surface area contributed by atoms with Crippen molar-refractivity contribution < 1.29 is 14.5 Å². The number of para-hydroxylation sites is 2. The van der Waals surface area contributed by atoms with Crippen molar-refractivity contribution in [2.45, 2.75) is 13.0 Å². The van der Waals surface area contributed by atoms with Crippen molar-refractivity contribution in [3.63, 3.8) is 0 Å². The molecule has 1 aliphatic heterocycles. The molecule has 1 unspecified atom stereocenters. The van der Waals surface area contributed by atoms with Crippen molar-refractivity contribution >= 4 is 23.2 Å². The van der Waals surface area contributed by atoms with Crippen molar-refractivity contribution in [3.8, 4) is 0 Å². The lowest BCUT2D eigenvalue weighted by Crippen LogP contribution is -2.36. The van der Waals surface area contributed by atoms with Crippen LogP contribution in [-0.2, 0) is 16.1 Å². The van der Waals surface area contributed by atoms with E-state index >= 15 is 0 Å². The summed E-state index contributed by atoms with van der Waals surface area (Å²) in [4.78, 5) is 36.6. The van der Waals surface area contributed by atoms with E-state index in [1.54, 1.807) is 17.0 Å². The molecule has 2 aromatic rings. The van der Waals surface area contributed by atoms with Crippen molar-refractivity contribution in [2.24, 2.45) is 5.92 Å². The lowest BCUT2D eigenvalue weighted by molar-refractivity contribution is -0.384. The van der Waals surface area contributed by atoms with E-state index in [-0.39, 0.29) is 29.6 Å². The number of benzene rings is 2. The molecule has 8 nitrogen and oxygen atoms in total. The summed E-state index contributed by atoms with van der Waals surface area (Å²) in [6, 6.07) is 15.6. The topological polar surface area (TPSA) is 105 Å². The van der Waals surface area contributed by atoms with Crippen LogP contribution in [0.4, 0.5) is 11.4 Å². The van der Waals surface area contributed by atoms with Crippen molar-refractivity contribution in [2.75, 3.05) is 12.0 Å². The lowest BCUT2D eigenvalue weighted by atomic mass is 10.1. The third-order valence-electron chi connectivity index (χ3n) is 4.22. The minimum absolute atomic E-state index is 0.0836. The summed E-state index contributed by atoms with van der Waals surface area (Å²) in [5.74, 6) is -0.951. The van der Waals surface area contributed by atoms with E-state index in [0.29, 0.717) is 13.1 Å². The first-order chi connectivity index (χ1) is 12.5. The monoisotopic (exact) mass is 354 g/mol. The molecule has 2 N–H and O–H groups in total. The lowest BCUT2D eigenvalue weighted by Gasteiger charge is -2.17. The number of likely N-dealkylation sites (tertiary alicyclic amines) is 1. The smallest absolute Gasteiger partial charge is 0.294 e. The molecule has 0 spiro atoms. The van der Waals surface area contributed by atoms with Crippen LogP contribution in [0.5, 0.6) is 0 Å². The Labute approximate surface area is 149 Å². The van der Waals surface area contributed by atoms with Crippen LogP contribution in [0.1, 0.15) is 12.0 Å². The first-order valence-corrected chi connectivity index (χ1v) is 8.15. The van der Waals surface area contributed by atoms with Gasteiger partial charge < -0.3 is 4.90 Å². The van der Waals surface area contributed by atoms with E-state index in [4.69, 9.17) is 0 Å². The van der Waals surface area contributed by atoms with E-state index in [0.717, 1.165) is 5.56 Å². The second-order valence-corrected chi connectivity index (χ2v) is 6.05. The SMILES string of the molecule is O=C(NNc1ccccc1[N+](=O)[O-])C1CC(=O)N(Cc2ccccc2)C1. The first-order valence-electron chi connectivity index (χ1n) is 8.15. The Hall–Kier alpha value is -3.42. The summed E-state index contributed by atoms with van der Waals surface area (Å²) in [6.45, 7) is 0.777. The molecule has 0 aromatic heterocycles. The van der Waals surface area contributed by atoms with E-state index < -0.39 is 10.8 Å². The standard InChI is InChI=1S/C18H18N4O4/c23-17-10-14(12-21(17)11-13-6-2-1-3-7-13)18(24)20-19-15-8-4-5-9-16(15)22(25)26/h1-9,14,19H,10-12H2,(H,20,24). The molecule has 2 aromatic carbocycles. The van der Waals surface area contributed by atoms with Gasteiger partial charge in [-0.05, 0) is 11.6 Å². The largest absolute Gasteiger partial charge is 0.338 e. The van der Waals surface area contributed by atoms with Gasteiger partial charge in [-0.3, -0.25) is 30.6 Å². The molecule has 1 heterocycles. The Bertz CT molecular complexity index is 825. The van der Waals surface area contributed by atoms with Gasteiger partial charge >= 0.3 is 0 Å². The second kappa shape index (κ2) is 7.64. The van der Waals surface area contributed by atoms with Crippen LogP contribution >= 0.6 is 0 Å². The number of anilines is 1. The van der Waals surface area contributed by atoms with Crippen LogP contribution in [0.3, 0.4) is 0 Å².